The number of benzene rings is 2. The molecule has 0 saturated carbocycles. The molecule has 0 fully saturated rings. The lowest BCUT2D eigenvalue weighted by molar-refractivity contribution is -0.124. The molecule has 0 atom stereocenters. The van der Waals surface area contributed by atoms with E-state index in [1.165, 1.54) is 5.56 Å². The minimum absolute atomic E-state index is 0.0647. The second-order valence-corrected chi connectivity index (χ2v) is 6.99. The third kappa shape index (κ3) is 5.92. The van der Waals surface area contributed by atoms with Gasteiger partial charge >= 0.3 is 6.18 Å². The summed E-state index contributed by atoms with van der Waals surface area (Å²) in [4.78, 5) is 4.32. The highest BCUT2D eigenvalue weighted by molar-refractivity contribution is 5.70. The molecule has 156 valence electrons. The number of allylic oxidation sites excluding steroid dienone is 4. The first-order chi connectivity index (χ1) is 14.4. The van der Waals surface area contributed by atoms with Crippen molar-refractivity contribution in [3.8, 4) is 11.4 Å². The number of aryl methyl sites for hydroxylation is 2. The Hall–Kier alpha value is -3.15. The van der Waals surface area contributed by atoms with E-state index in [9.17, 15) is 13.2 Å². The van der Waals surface area contributed by atoms with Gasteiger partial charge in [0.15, 0.2) is 0 Å². The summed E-state index contributed by atoms with van der Waals surface area (Å²) < 4.78 is 43.6. The van der Waals surface area contributed by atoms with Crippen molar-refractivity contribution in [3.05, 3.63) is 89.3 Å². The Morgan fingerprint density at radius 1 is 1.07 bits per heavy atom. The van der Waals surface area contributed by atoms with E-state index in [-0.39, 0.29) is 11.5 Å². The quantitative estimate of drug-likeness (QED) is 0.403. The highest BCUT2D eigenvalue weighted by Gasteiger charge is 2.26. The fourth-order valence-corrected chi connectivity index (χ4v) is 2.95. The van der Waals surface area contributed by atoms with Gasteiger partial charge in [0.2, 0.25) is 5.82 Å². The molecule has 6 heteroatoms. The summed E-state index contributed by atoms with van der Waals surface area (Å²) in [6.45, 7) is 4.06. The molecule has 0 spiro atoms. The van der Waals surface area contributed by atoms with Gasteiger partial charge in [0.1, 0.15) is 0 Å². The van der Waals surface area contributed by atoms with E-state index < -0.39 is 12.6 Å². The van der Waals surface area contributed by atoms with Gasteiger partial charge in [-0.3, -0.25) is 0 Å². The largest absolute Gasteiger partial charge is 0.392 e. The summed E-state index contributed by atoms with van der Waals surface area (Å²) in [5, 5.41) is 3.95. The number of halogens is 3. The van der Waals surface area contributed by atoms with Crippen LogP contribution in [0.3, 0.4) is 0 Å². The second kappa shape index (κ2) is 9.57. The predicted molar refractivity (Wildman–Crippen MR) is 112 cm³/mol. The first kappa shape index (κ1) is 21.6. The van der Waals surface area contributed by atoms with Crippen LogP contribution in [0.5, 0.6) is 0 Å². The molecule has 2 aromatic carbocycles. The van der Waals surface area contributed by atoms with Crippen molar-refractivity contribution in [1.82, 2.24) is 10.1 Å². The molecule has 1 aromatic heterocycles. The van der Waals surface area contributed by atoms with Gasteiger partial charge in [-0.05, 0) is 36.5 Å². The van der Waals surface area contributed by atoms with Crippen LogP contribution < -0.4 is 0 Å². The zero-order valence-corrected chi connectivity index (χ0v) is 16.9. The monoisotopic (exact) mass is 412 g/mol. The van der Waals surface area contributed by atoms with E-state index in [1.807, 2.05) is 61.5 Å². The number of aromatic nitrogens is 2. The Bertz CT molecular complexity index is 1030. The SMILES string of the molecule is CCc1ccc(-c2noc(C(C=CCc3ccccc3C)=CCC(F)(F)F)n2)cc1. The van der Waals surface area contributed by atoms with Crippen LogP contribution in [-0.2, 0) is 12.8 Å². The standard InChI is InChI=1S/C24H23F3N2O/c1-3-18-11-13-20(14-12-18)22-28-23(30-29-22)21(15-16-24(25,26)27)10-6-9-19-8-5-4-7-17(19)2/h4-8,10-15H,3,9,16H2,1-2H3. The van der Waals surface area contributed by atoms with E-state index in [1.54, 1.807) is 6.08 Å². The number of rotatable bonds is 7. The number of nitrogens with zero attached hydrogens (tertiary/aromatic N) is 2. The average molecular weight is 412 g/mol. The normalized spacial score (nSPS) is 12.6. The van der Waals surface area contributed by atoms with Gasteiger partial charge in [0.05, 0.1) is 6.42 Å². The molecule has 3 nitrogen and oxygen atoms in total. The minimum Gasteiger partial charge on any atom is -0.334 e. The maximum absolute atomic E-state index is 12.8. The van der Waals surface area contributed by atoms with E-state index in [0.29, 0.717) is 12.2 Å². The molecule has 0 aliphatic heterocycles. The Morgan fingerprint density at radius 3 is 2.47 bits per heavy atom. The lowest BCUT2D eigenvalue weighted by atomic mass is 10.0. The van der Waals surface area contributed by atoms with Crippen LogP contribution in [0.1, 0.15) is 35.9 Å². The first-order valence-electron chi connectivity index (χ1n) is 9.77. The molecule has 0 bridgehead atoms. The van der Waals surface area contributed by atoms with Crippen molar-refractivity contribution < 1.29 is 17.7 Å². The molecule has 0 N–H and O–H groups in total. The van der Waals surface area contributed by atoms with Crippen molar-refractivity contribution in [2.24, 2.45) is 0 Å². The van der Waals surface area contributed by atoms with Crippen LogP contribution >= 0.6 is 0 Å². The molecule has 3 aromatic rings. The molecule has 3 rings (SSSR count). The van der Waals surface area contributed by atoms with Crippen molar-refractivity contribution in [2.75, 3.05) is 0 Å². The highest BCUT2D eigenvalue weighted by atomic mass is 19.4. The lowest BCUT2D eigenvalue weighted by Crippen LogP contribution is -2.04. The molecule has 1 heterocycles. The summed E-state index contributed by atoms with van der Waals surface area (Å²) in [6.07, 6.45) is 0.614. The van der Waals surface area contributed by atoms with Gasteiger partial charge in [-0.25, -0.2) is 0 Å². The van der Waals surface area contributed by atoms with Gasteiger partial charge in [0, 0.05) is 11.1 Å². The molecule has 0 saturated heterocycles. The maximum atomic E-state index is 12.8. The number of hydrogen-bond acceptors (Lipinski definition) is 3. The molecule has 0 unspecified atom stereocenters. The van der Waals surface area contributed by atoms with Gasteiger partial charge in [-0.15, -0.1) is 0 Å². The molecule has 0 aliphatic rings. The van der Waals surface area contributed by atoms with Crippen LogP contribution in [0.15, 0.2) is 71.3 Å². The Morgan fingerprint density at radius 2 is 1.80 bits per heavy atom. The molecule has 30 heavy (non-hydrogen) atoms. The third-order valence-electron chi connectivity index (χ3n) is 4.74. The molecule has 0 radical (unpaired) electrons. The van der Waals surface area contributed by atoms with E-state index in [4.69, 9.17) is 4.52 Å². The molecular weight excluding hydrogens is 389 g/mol. The zero-order chi connectivity index (χ0) is 21.6. The van der Waals surface area contributed by atoms with Crippen LogP contribution in [0.4, 0.5) is 13.2 Å². The molecule has 0 amide bonds. The van der Waals surface area contributed by atoms with Gasteiger partial charge < -0.3 is 4.52 Å². The summed E-state index contributed by atoms with van der Waals surface area (Å²) in [5.74, 6) is 0.410. The lowest BCUT2D eigenvalue weighted by Gasteiger charge is -2.03. The second-order valence-electron chi connectivity index (χ2n) is 6.99. The van der Waals surface area contributed by atoms with Crippen LogP contribution in [0, 0.1) is 6.92 Å². The predicted octanol–water partition coefficient (Wildman–Crippen LogP) is 6.74. The van der Waals surface area contributed by atoms with Crippen LogP contribution in [-0.4, -0.2) is 16.3 Å². The van der Waals surface area contributed by atoms with Gasteiger partial charge in [-0.2, -0.15) is 18.2 Å². The number of hydrogen-bond donors (Lipinski definition) is 0. The summed E-state index contributed by atoms with van der Waals surface area (Å²) in [7, 11) is 0. The highest BCUT2D eigenvalue weighted by Crippen LogP contribution is 2.26. The van der Waals surface area contributed by atoms with Gasteiger partial charge in [-0.1, -0.05) is 78.8 Å². The van der Waals surface area contributed by atoms with E-state index in [0.717, 1.165) is 29.2 Å². The van der Waals surface area contributed by atoms with Gasteiger partial charge in [0.25, 0.3) is 5.89 Å². The summed E-state index contributed by atoms with van der Waals surface area (Å²) in [6, 6.07) is 15.6. The Balaban J connectivity index is 1.84. The molecule has 0 aliphatic carbocycles. The Labute approximate surface area is 173 Å². The van der Waals surface area contributed by atoms with Crippen molar-refractivity contribution in [3.63, 3.8) is 0 Å². The summed E-state index contributed by atoms with van der Waals surface area (Å²) >= 11 is 0. The minimum atomic E-state index is -4.31. The summed E-state index contributed by atoms with van der Waals surface area (Å²) in [5.41, 5.74) is 4.41. The topological polar surface area (TPSA) is 38.9 Å². The van der Waals surface area contributed by atoms with E-state index >= 15 is 0 Å². The maximum Gasteiger partial charge on any atom is 0.392 e. The molecular formula is C24H23F3N2O. The fraction of sp³-hybridized carbons (Fsp3) is 0.250. The zero-order valence-electron chi connectivity index (χ0n) is 16.9. The van der Waals surface area contributed by atoms with Crippen LogP contribution in [0.25, 0.3) is 17.0 Å². The van der Waals surface area contributed by atoms with E-state index in [2.05, 4.69) is 17.1 Å². The van der Waals surface area contributed by atoms with Crippen LogP contribution in [0.2, 0.25) is 0 Å². The fourth-order valence-electron chi connectivity index (χ4n) is 2.95. The average Bonchev–Trinajstić information content (AvgIpc) is 3.21. The third-order valence-corrected chi connectivity index (χ3v) is 4.74. The smallest absolute Gasteiger partial charge is 0.334 e. The first-order valence-corrected chi connectivity index (χ1v) is 9.77. The van der Waals surface area contributed by atoms with Crippen molar-refractivity contribution in [1.29, 1.82) is 0 Å². The number of alkyl halides is 3. The Kier molecular flexibility index (Phi) is 6.87. The van der Waals surface area contributed by atoms with Crippen molar-refractivity contribution >= 4 is 5.57 Å². The van der Waals surface area contributed by atoms with Crippen molar-refractivity contribution in [2.45, 2.75) is 39.3 Å².